The number of ether oxygens (including phenoxy) is 2. The van der Waals surface area contributed by atoms with Crippen LogP contribution in [0, 0.1) is 0 Å². The summed E-state index contributed by atoms with van der Waals surface area (Å²) in [5.41, 5.74) is 1.09. The Balaban J connectivity index is 2.39. The first-order valence-corrected chi connectivity index (χ1v) is 4.83. The molecule has 0 atom stereocenters. The summed E-state index contributed by atoms with van der Waals surface area (Å²) in [5, 5.41) is 0. The molecule has 0 saturated heterocycles. The number of aliphatic imine (C=N–C) groups is 1. The van der Waals surface area contributed by atoms with Gasteiger partial charge in [0.15, 0.2) is 11.6 Å². The Morgan fingerprint density at radius 3 is 2.75 bits per heavy atom. The average Bonchev–Trinajstić information content (AvgIpc) is 2.58. The van der Waals surface area contributed by atoms with E-state index < -0.39 is 5.97 Å². The van der Waals surface area contributed by atoms with Crippen molar-refractivity contribution in [3.8, 4) is 5.75 Å². The van der Waals surface area contributed by atoms with E-state index in [0.29, 0.717) is 17.3 Å². The molecule has 4 nitrogen and oxygen atoms in total. The predicted octanol–water partition coefficient (Wildman–Crippen LogP) is 2.01. The van der Waals surface area contributed by atoms with E-state index in [-0.39, 0.29) is 0 Å². The van der Waals surface area contributed by atoms with Crippen molar-refractivity contribution in [3.05, 3.63) is 35.5 Å². The molecular weight excluding hydrogens is 206 g/mol. The number of methoxy groups -OCH3 is 1. The first kappa shape index (κ1) is 10.4. The van der Waals surface area contributed by atoms with Gasteiger partial charge in [0.1, 0.15) is 5.75 Å². The van der Waals surface area contributed by atoms with Crippen LogP contribution in [-0.2, 0) is 9.53 Å². The van der Waals surface area contributed by atoms with E-state index in [9.17, 15) is 4.79 Å². The quantitative estimate of drug-likeness (QED) is 0.562. The van der Waals surface area contributed by atoms with Crippen LogP contribution in [0.15, 0.2) is 35.0 Å². The highest BCUT2D eigenvalue weighted by molar-refractivity contribution is 6.06. The highest BCUT2D eigenvalue weighted by Gasteiger charge is 2.19. The molecule has 0 amide bonds. The first-order valence-electron chi connectivity index (χ1n) is 4.83. The molecule has 0 unspecified atom stereocenters. The van der Waals surface area contributed by atoms with Gasteiger partial charge < -0.3 is 9.47 Å². The van der Waals surface area contributed by atoms with Crippen molar-refractivity contribution in [2.24, 2.45) is 4.99 Å². The Kier molecular flexibility index (Phi) is 2.72. The number of hydrogen-bond donors (Lipinski definition) is 0. The van der Waals surface area contributed by atoms with E-state index >= 15 is 0 Å². The lowest BCUT2D eigenvalue weighted by molar-refractivity contribution is -0.130. The molecule has 0 fully saturated rings. The van der Waals surface area contributed by atoms with Crippen molar-refractivity contribution < 1.29 is 14.3 Å². The summed E-state index contributed by atoms with van der Waals surface area (Å²) in [5.74, 6) is 0.636. The number of rotatable bonds is 2. The number of nitrogens with zero attached hydrogens (tertiary/aromatic N) is 1. The van der Waals surface area contributed by atoms with Crippen molar-refractivity contribution in [3.63, 3.8) is 0 Å². The summed E-state index contributed by atoms with van der Waals surface area (Å²) < 4.78 is 9.99. The van der Waals surface area contributed by atoms with E-state index in [1.54, 1.807) is 20.1 Å². The van der Waals surface area contributed by atoms with Crippen molar-refractivity contribution in [1.29, 1.82) is 0 Å². The van der Waals surface area contributed by atoms with Gasteiger partial charge in [-0.3, -0.25) is 0 Å². The highest BCUT2D eigenvalue weighted by atomic mass is 16.6. The Morgan fingerprint density at radius 2 is 2.12 bits per heavy atom. The van der Waals surface area contributed by atoms with Crippen molar-refractivity contribution in [1.82, 2.24) is 0 Å². The molecule has 1 aliphatic rings. The molecule has 0 radical (unpaired) electrons. The fourth-order valence-corrected chi connectivity index (χ4v) is 1.45. The van der Waals surface area contributed by atoms with Gasteiger partial charge in [0.2, 0.25) is 0 Å². The smallest absolute Gasteiger partial charge is 0.363 e. The molecule has 0 aromatic heterocycles. The molecule has 1 aromatic rings. The predicted molar refractivity (Wildman–Crippen MR) is 60.2 cm³/mol. The molecule has 1 aliphatic heterocycles. The zero-order valence-electron chi connectivity index (χ0n) is 9.06. The largest absolute Gasteiger partial charge is 0.496 e. The van der Waals surface area contributed by atoms with Crippen LogP contribution >= 0.6 is 0 Å². The van der Waals surface area contributed by atoms with Gasteiger partial charge in [-0.05, 0) is 12.1 Å². The van der Waals surface area contributed by atoms with E-state index in [4.69, 9.17) is 9.47 Å². The highest BCUT2D eigenvalue weighted by Crippen LogP contribution is 2.22. The molecule has 82 valence electrons. The number of cyclic esters (lactones) is 1. The lowest BCUT2D eigenvalue weighted by Crippen LogP contribution is -2.00. The maximum atomic E-state index is 11.3. The van der Waals surface area contributed by atoms with Gasteiger partial charge in [0.05, 0.1) is 7.11 Å². The molecule has 0 bridgehead atoms. The normalized spacial score (nSPS) is 17.2. The molecule has 4 heteroatoms. The number of hydrogen-bond acceptors (Lipinski definition) is 4. The van der Waals surface area contributed by atoms with Crippen molar-refractivity contribution >= 4 is 17.9 Å². The number of benzene rings is 1. The molecule has 2 rings (SSSR count). The van der Waals surface area contributed by atoms with Crippen LogP contribution in [0.1, 0.15) is 12.5 Å². The summed E-state index contributed by atoms with van der Waals surface area (Å²) in [6.45, 7) is 1.64. The minimum absolute atomic E-state index is 0.294. The van der Waals surface area contributed by atoms with Gasteiger partial charge in [-0.25, -0.2) is 9.79 Å². The standard InChI is InChI=1S/C12H11NO3/c1-8-13-10(12(14)16-8)7-9-5-3-4-6-11(9)15-2/h3-7H,1-2H3/b10-7+. The third-order valence-corrected chi connectivity index (χ3v) is 2.16. The molecule has 0 spiro atoms. The lowest BCUT2D eigenvalue weighted by Gasteiger charge is -2.03. The molecule has 0 N–H and O–H groups in total. The number of para-hydroxylation sites is 1. The summed E-state index contributed by atoms with van der Waals surface area (Å²) in [4.78, 5) is 15.3. The molecular formula is C12H11NO3. The van der Waals surface area contributed by atoms with Crippen LogP contribution < -0.4 is 4.74 Å². The molecule has 1 heterocycles. The second-order valence-electron chi connectivity index (χ2n) is 3.29. The van der Waals surface area contributed by atoms with Gasteiger partial charge in [0.25, 0.3) is 0 Å². The van der Waals surface area contributed by atoms with Gasteiger partial charge in [-0.2, -0.15) is 0 Å². The fourth-order valence-electron chi connectivity index (χ4n) is 1.45. The Morgan fingerprint density at radius 1 is 1.38 bits per heavy atom. The molecule has 1 aromatic carbocycles. The van der Waals surface area contributed by atoms with E-state index in [1.807, 2.05) is 24.3 Å². The molecule has 16 heavy (non-hydrogen) atoms. The fraction of sp³-hybridized carbons (Fsp3) is 0.167. The van der Waals surface area contributed by atoms with E-state index in [0.717, 1.165) is 5.56 Å². The van der Waals surface area contributed by atoms with Gasteiger partial charge >= 0.3 is 5.97 Å². The Labute approximate surface area is 93.2 Å². The summed E-state index contributed by atoms with van der Waals surface area (Å²) in [6, 6.07) is 7.40. The maximum Gasteiger partial charge on any atom is 0.363 e. The van der Waals surface area contributed by atoms with Crippen LogP contribution in [0.25, 0.3) is 6.08 Å². The van der Waals surface area contributed by atoms with E-state index in [1.165, 1.54) is 0 Å². The Bertz CT molecular complexity index is 489. The zero-order chi connectivity index (χ0) is 11.5. The summed E-state index contributed by atoms with van der Waals surface area (Å²) in [6.07, 6.45) is 1.65. The van der Waals surface area contributed by atoms with Gasteiger partial charge in [-0.1, -0.05) is 18.2 Å². The SMILES string of the molecule is COc1ccccc1/C=C1/N=C(C)OC1=O. The average molecular weight is 217 g/mol. The van der Waals surface area contributed by atoms with Crippen LogP contribution in [-0.4, -0.2) is 19.0 Å². The van der Waals surface area contributed by atoms with Crippen molar-refractivity contribution in [2.45, 2.75) is 6.92 Å². The topological polar surface area (TPSA) is 47.9 Å². The van der Waals surface area contributed by atoms with Crippen LogP contribution in [0.3, 0.4) is 0 Å². The van der Waals surface area contributed by atoms with Crippen LogP contribution in [0.4, 0.5) is 0 Å². The van der Waals surface area contributed by atoms with Gasteiger partial charge in [0, 0.05) is 12.5 Å². The number of carbonyl (C=O) groups excluding carboxylic acids is 1. The summed E-state index contributed by atoms with van der Waals surface area (Å²) in [7, 11) is 1.58. The van der Waals surface area contributed by atoms with Crippen molar-refractivity contribution in [2.75, 3.05) is 7.11 Å². The minimum Gasteiger partial charge on any atom is -0.496 e. The van der Waals surface area contributed by atoms with Crippen LogP contribution in [0.2, 0.25) is 0 Å². The third-order valence-electron chi connectivity index (χ3n) is 2.16. The monoisotopic (exact) mass is 217 g/mol. The minimum atomic E-state index is -0.427. The molecule has 0 aliphatic carbocycles. The van der Waals surface area contributed by atoms with E-state index in [2.05, 4.69) is 4.99 Å². The second-order valence-corrected chi connectivity index (χ2v) is 3.29. The Hall–Kier alpha value is -2.10. The van der Waals surface area contributed by atoms with Crippen LogP contribution in [0.5, 0.6) is 5.75 Å². The third kappa shape index (κ3) is 1.95. The van der Waals surface area contributed by atoms with Gasteiger partial charge in [-0.15, -0.1) is 0 Å². The lowest BCUT2D eigenvalue weighted by atomic mass is 10.1. The second kappa shape index (κ2) is 4.18. The number of carbonyl (C=O) groups is 1. The number of esters is 1. The maximum absolute atomic E-state index is 11.3. The first-order chi connectivity index (χ1) is 7.70. The zero-order valence-corrected chi connectivity index (χ0v) is 9.06. The molecule has 0 saturated carbocycles. The summed E-state index contributed by atoms with van der Waals surface area (Å²) >= 11 is 0.